The van der Waals surface area contributed by atoms with E-state index in [1.165, 1.54) is 13.8 Å². The van der Waals surface area contributed by atoms with Gasteiger partial charge in [0, 0.05) is 0 Å². The second-order valence-electron chi connectivity index (χ2n) is 5.70. The minimum absolute atomic E-state index is 0.370. The maximum atomic E-state index is 13.4. The number of nitrogens with two attached hydrogens (primary N) is 1. The Morgan fingerprint density at radius 2 is 1.83 bits per heavy atom. The van der Waals surface area contributed by atoms with Crippen molar-refractivity contribution in [1.29, 1.82) is 0 Å². The van der Waals surface area contributed by atoms with Crippen molar-refractivity contribution in [3.05, 3.63) is 29.6 Å². The largest absolute Gasteiger partial charge is 0.419 e. The number of carbonyl (C=O) groups excluding carboxylic acids is 3. The first-order chi connectivity index (χ1) is 10.9. The maximum Gasteiger partial charge on any atom is 0.419 e. The summed E-state index contributed by atoms with van der Waals surface area (Å²) in [6.45, 7) is 2.07. The van der Waals surface area contributed by atoms with E-state index in [-0.39, 0.29) is 0 Å². The van der Waals surface area contributed by atoms with E-state index in [2.05, 4.69) is 0 Å². The topological polar surface area (TPSA) is 83.7 Å². The van der Waals surface area contributed by atoms with Crippen LogP contribution in [0.15, 0.2) is 18.2 Å². The lowest BCUT2D eigenvalue weighted by molar-refractivity contribution is -0.140. The molecule has 0 aromatic heterocycles. The SMILES string of the molecule is CC1(C)C(=O)N(c2ccc(F)c(C(F)(F)F)c2)C(=O)N1CC(N)=O. The lowest BCUT2D eigenvalue weighted by Crippen LogP contribution is -2.47. The zero-order valence-corrected chi connectivity index (χ0v) is 12.6. The highest BCUT2D eigenvalue weighted by molar-refractivity contribution is 6.23. The van der Waals surface area contributed by atoms with Crippen LogP contribution >= 0.6 is 0 Å². The molecule has 24 heavy (non-hydrogen) atoms. The van der Waals surface area contributed by atoms with Gasteiger partial charge in [-0.25, -0.2) is 14.1 Å². The van der Waals surface area contributed by atoms with Crippen LogP contribution in [0.1, 0.15) is 19.4 Å². The molecule has 2 N–H and O–H groups in total. The predicted molar refractivity (Wildman–Crippen MR) is 74.3 cm³/mol. The average Bonchev–Trinajstić information content (AvgIpc) is 2.59. The van der Waals surface area contributed by atoms with Gasteiger partial charge < -0.3 is 10.6 Å². The Labute approximate surface area is 133 Å². The highest BCUT2D eigenvalue weighted by atomic mass is 19.4. The molecule has 1 heterocycles. The zero-order chi connectivity index (χ0) is 18.4. The average molecular weight is 347 g/mol. The van der Waals surface area contributed by atoms with E-state index in [9.17, 15) is 31.9 Å². The minimum Gasteiger partial charge on any atom is -0.368 e. The molecule has 130 valence electrons. The van der Waals surface area contributed by atoms with Gasteiger partial charge in [-0.15, -0.1) is 0 Å². The molecule has 0 spiro atoms. The van der Waals surface area contributed by atoms with E-state index in [0.29, 0.717) is 17.0 Å². The zero-order valence-electron chi connectivity index (χ0n) is 12.6. The monoisotopic (exact) mass is 347 g/mol. The third kappa shape index (κ3) is 2.79. The fourth-order valence-corrected chi connectivity index (χ4v) is 2.35. The Morgan fingerprint density at radius 1 is 1.25 bits per heavy atom. The first kappa shape index (κ1) is 17.7. The van der Waals surface area contributed by atoms with Crippen molar-refractivity contribution in [3.63, 3.8) is 0 Å². The van der Waals surface area contributed by atoms with Crippen LogP contribution in [-0.4, -0.2) is 34.8 Å². The third-order valence-electron chi connectivity index (χ3n) is 3.65. The summed E-state index contributed by atoms with van der Waals surface area (Å²) in [7, 11) is 0. The van der Waals surface area contributed by atoms with E-state index in [1.54, 1.807) is 0 Å². The number of nitrogens with zero attached hydrogens (tertiary/aromatic N) is 2. The summed E-state index contributed by atoms with van der Waals surface area (Å²) in [5, 5.41) is 0. The van der Waals surface area contributed by atoms with Crippen molar-refractivity contribution in [1.82, 2.24) is 4.90 Å². The highest BCUT2D eigenvalue weighted by Crippen LogP contribution is 2.37. The highest BCUT2D eigenvalue weighted by Gasteiger charge is 2.52. The van der Waals surface area contributed by atoms with Crippen LogP contribution in [0, 0.1) is 5.82 Å². The molecule has 4 amide bonds. The predicted octanol–water partition coefficient (Wildman–Crippen LogP) is 1.88. The van der Waals surface area contributed by atoms with E-state index < -0.39 is 53.2 Å². The summed E-state index contributed by atoms with van der Waals surface area (Å²) in [6, 6.07) is 0.755. The van der Waals surface area contributed by atoms with Crippen LogP contribution < -0.4 is 10.6 Å². The number of hydrogen-bond acceptors (Lipinski definition) is 3. The first-order valence-corrected chi connectivity index (χ1v) is 6.68. The molecule has 2 rings (SSSR count). The molecule has 1 aromatic carbocycles. The standard InChI is InChI=1S/C14H13F4N3O3/c1-13(2)11(23)21(12(24)20(13)6-10(19)22)7-3-4-9(15)8(5-7)14(16,17)18/h3-5H,6H2,1-2H3,(H2,19,22). The second-order valence-corrected chi connectivity index (χ2v) is 5.70. The Bertz CT molecular complexity index is 730. The van der Waals surface area contributed by atoms with Gasteiger partial charge >= 0.3 is 12.2 Å². The smallest absolute Gasteiger partial charge is 0.368 e. The molecule has 1 aromatic rings. The van der Waals surface area contributed by atoms with Gasteiger partial charge in [0.1, 0.15) is 17.9 Å². The van der Waals surface area contributed by atoms with Crippen LogP contribution in [-0.2, 0) is 15.8 Å². The van der Waals surface area contributed by atoms with Crippen molar-refractivity contribution in [2.45, 2.75) is 25.6 Å². The van der Waals surface area contributed by atoms with Crippen molar-refractivity contribution >= 4 is 23.5 Å². The lowest BCUT2D eigenvalue weighted by atomic mass is 10.0. The molecule has 6 nitrogen and oxygen atoms in total. The van der Waals surface area contributed by atoms with Gasteiger partial charge in [0.2, 0.25) is 5.91 Å². The molecule has 1 fully saturated rings. The molecular formula is C14H13F4N3O3. The minimum atomic E-state index is -4.99. The van der Waals surface area contributed by atoms with E-state index in [0.717, 1.165) is 11.0 Å². The summed E-state index contributed by atoms with van der Waals surface area (Å²) in [5.41, 5.74) is 1.49. The van der Waals surface area contributed by atoms with E-state index >= 15 is 0 Å². The Hall–Kier alpha value is -2.65. The summed E-state index contributed by atoms with van der Waals surface area (Å²) in [5.74, 6) is -3.27. The second kappa shape index (κ2) is 5.46. The quantitative estimate of drug-likeness (QED) is 0.669. The van der Waals surface area contributed by atoms with Crippen molar-refractivity contribution in [2.24, 2.45) is 5.73 Å². The number of rotatable bonds is 3. The molecule has 10 heteroatoms. The van der Waals surface area contributed by atoms with Crippen LogP contribution in [0.25, 0.3) is 0 Å². The van der Waals surface area contributed by atoms with Crippen molar-refractivity contribution < 1.29 is 31.9 Å². The Balaban J connectivity index is 2.51. The van der Waals surface area contributed by atoms with Crippen molar-refractivity contribution in [3.8, 4) is 0 Å². The number of hydrogen-bond donors (Lipinski definition) is 1. The maximum absolute atomic E-state index is 13.4. The number of benzene rings is 1. The molecule has 0 unspecified atom stereocenters. The van der Waals surface area contributed by atoms with E-state index in [4.69, 9.17) is 5.73 Å². The molecule has 0 radical (unpaired) electrons. The van der Waals surface area contributed by atoms with Gasteiger partial charge in [-0.1, -0.05) is 0 Å². The molecule has 1 saturated heterocycles. The van der Waals surface area contributed by atoms with E-state index in [1.807, 2.05) is 0 Å². The van der Waals surface area contributed by atoms with Crippen LogP contribution in [0.3, 0.4) is 0 Å². The number of anilines is 1. The number of primary amides is 1. The van der Waals surface area contributed by atoms with Gasteiger partial charge in [0.05, 0.1) is 11.3 Å². The molecule has 1 aliphatic rings. The molecule has 1 aliphatic heterocycles. The number of carbonyl (C=O) groups is 3. The number of imide groups is 1. The first-order valence-electron chi connectivity index (χ1n) is 6.68. The normalized spacial score (nSPS) is 17.6. The van der Waals surface area contributed by atoms with Gasteiger partial charge in [-0.2, -0.15) is 13.2 Å². The molecule has 0 bridgehead atoms. The summed E-state index contributed by atoms with van der Waals surface area (Å²) in [6.07, 6.45) is -4.99. The summed E-state index contributed by atoms with van der Waals surface area (Å²) >= 11 is 0. The molecule has 0 saturated carbocycles. The third-order valence-corrected chi connectivity index (χ3v) is 3.65. The fourth-order valence-electron chi connectivity index (χ4n) is 2.35. The Morgan fingerprint density at radius 3 is 2.33 bits per heavy atom. The number of alkyl halides is 3. The van der Waals surface area contributed by atoms with Gasteiger partial charge in [-0.05, 0) is 32.0 Å². The van der Waals surface area contributed by atoms with Gasteiger partial charge in [0.25, 0.3) is 5.91 Å². The molecule has 0 atom stereocenters. The molecular weight excluding hydrogens is 334 g/mol. The number of halogens is 4. The van der Waals surface area contributed by atoms with Crippen LogP contribution in [0.2, 0.25) is 0 Å². The van der Waals surface area contributed by atoms with Gasteiger partial charge in [-0.3, -0.25) is 9.59 Å². The number of amides is 4. The number of urea groups is 1. The Kier molecular flexibility index (Phi) is 4.03. The van der Waals surface area contributed by atoms with Crippen LogP contribution in [0.5, 0.6) is 0 Å². The summed E-state index contributed by atoms with van der Waals surface area (Å²) in [4.78, 5) is 37.2. The summed E-state index contributed by atoms with van der Waals surface area (Å²) < 4.78 is 51.8. The van der Waals surface area contributed by atoms with Crippen LogP contribution in [0.4, 0.5) is 28.0 Å². The van der Waals surface area contributed by atoms with Crippen molar-refractivity contribution in [2.75, 3.05) is 11.4 Å². The fraction of sp³-hybridized carbons (Fsp3) is 0.357. The molecule has 0 aliphatic carbocycles. The van der Waals surface area contributed by atoms with Gasteiger partial charge in [0.15, 0.2) is 0 Å². The lowest BCUT2D eigenvalue weighted by Gasteiger charge is -2.26.